The predicted molar refractivity (Wildman–Crippen MR) is 86.5 cm³/mol. The Bertz CT molecular complexity index is 458. The van der Waals surface area contributed by atoms with Crippen molar-refractivity contribution in [1.82, 2.24) is 5.32 Å². The monoisotopic (exact) mass is 292 g/mol. The normalized spacial score (nSPS) is 12.3. The Morgan fingerprint density at radius 1 is 1.38 bits per heavy atom. The number of carbonyl (C=O) groups is 1. The third-order valence-corrected chi connectivity index (χ3v) is 3.26. The van der Waals surface area contributed by atoms with E-state index in [0.717, 1.165) is 24.2 Å². The molecule has 1 aromatic rings. The van der Waals surface area contributed by atoms with E-state index >= 15 is 0 Å². The van der Waals surface area contributed by atoms with Crippen LogP contribution in [-0.4, -0.2) is 24.6 Å². The Hall–Kier alpha value is -1.55. The molecule has 0 aliphatic rings. The van der Waals surface area contributed by atoms with Crippen LogP contribution in [0.4, 0.5) is 0 Å². The molecular weight excluding hydrogens is 264 g/mol. The summed E-state index contributed by atoms with van der Waals surface area (Å²) in [6, 6.07) is 6.39. The second-order valence-electron chi connectivity index (χ2n) is 5.80. The zero-order valence-corrected chi connectivity index (χ0v) is 13.6. The van der Waals surface area contributed by atoms with Crippen LogP contribution in [0.15, 0.2) is 18.2 Å². The Morgan fingerprint density at radius 3 is 2.71 bits per heavy atom. The smallest absolute Gasteiger partial charge is 0.223 e. The van der Waals surface area contributed by atoms with Crippen LogP contribution in [0.25, 0.3) is 0 Å². The molecule has 1 aromatic carbocycles. The van der Waals surface area contributed by atoms with Gasteiger partial charge in [0, 0.05) is 12.1 Å². The van der Waals surface area contributed by atoms with Gasteiger partial charge in [0.1, 0.15) is 5.75 Å². The number of aryl methyl sites for hydroxylation is 1. The van der Waals surface area contributed by atoms with Gasteiger partial charge in [-0.25, -0.2) is 0 Å². The van der Waals surface area contributed by atoms with Gasteiger partial charge in [0.05, 0.1) is 13.0 Å². The van der Waals surface area contributed by atoms with E-state index in [1.807, 2.05) is 26.0 Å². The van der Waals surface area contributed by atoms with E-state index in [1.54, 1.807) is 0 Å². The lowest BCUT2D eigenvalue weighted by Crippen LogP contribution is -2.31. The molecule has 1 amide bonds. The number of rotatable bonds is 8. The first kappa shape index (κ1) is 17.5. The number of hydrogen-bond acceptors (Lipinski definition) is 3. The van der Waals surface area contributed by atoms with E-state index in [4.69, 9.17) is 10.5 Å². The Labute approximate surface area is 128 Å². The summed E-state index contributed by atoms with van der Waals surface area (Å²) in [6.07, 6.45) is 2.10. The number of hydrogen-bond donors (Lipinski definition) is 2. The van der Waals surface area contributed by atoms with Crippen molar-refractivity contribution in [2.24, 2.45) is 5.73 Å². The summed E-state index contributed by atoms with van der Waals surface area (Å²) < 4.78 is 5.77. The largest absolute Gasteiger partial charge is 0.493 e. The molecule has 1 unspecified atom stereocenters. The van der Waals surface area contributed by atoms with Crippen LogP contribution in [0.5, 0.6) is 5.75 Å². The van der Waals surface area contributed by atoms with E-state index in [1.165, 1.54) is 5.56 Å². The van der Waals surface area contributed by atoms with E-state index in [9.17, 15) is 4.79 Å². The molecule has 0 bridgehead atoms. The van der Waals surface area contributed by atoms with E-state index < -0.39 is 0 Å². The molecule has 0 saturated heterocycles. The number of benzene rings is 1. The molecule has 21 heavy (non-hydrogen) atoms. The molecule has 0 fully saturated rings. The van der Waals surface area contributed by atoms with E-state index in [2.05, 4.69) is 25.2 Å². The molecule has 1 atom stereocenters. The lowest BCUT2D eigenvalue weighted by Gasteiger charge is -2.15. The Morgan fingerprint density at radius 2 is 2.10 bits per heavy atom. The minimum atomic E-state index is 0.0175. The van der Waals surface area contributed by atoms with Crippen molar-refractivity contribution in [1.29, 1.82) is 0 Å². The highest BCUT2D eigenvalue weighted by Crippen LogP contribution is 2.22. The molecule has 0 saturated carbocycles. The molecule has 1 rings (SSSR count). The maximum absolute atomic E-state index is 11.6. The summed E-state index contributed by atoms with van der Waals surface area (Å²) in [5, 5.41) is 2.86. The number of ether oxygens (including phenoxy) is 1. The van der Waals surface area contributed by atoms with E-state index in [0.29, 0.717) is 13.0 Å². The highest BCUT2D eigenvalue weighted by atomic mass is 16.5. The summed E-state index contributed by atoms with van der Waals surface area (Å²) in [7, 11) is 0. The molecule has 0 radical (unpaired) electrons. The minimum Gasteiger partial charge on any atom is -0.493 e. The standard InChI is InChI=1S/C17H28N2O2/c1-5-15(18)11-14-10-13(4)6-7-16(14)21-9-8-17(20)19-12(2)3/h6-7,10,12,15H,5,8-9,11,18H2,1-4H3,(H,19,20). The maximum atomic E-state index is 11.6. The van der Waals surface area contributed by atoms with Gasteiger partial charge in [0.25, 0.3) is 0 Å². The van der Waals surface area contributed by atoms with Gasteiger partial charge in [-0.05, 0) is 45.2 Å². The van der Waals surface area contributed by atoms with Crippen LogP contribution in [0.2, 0.25) is 0 Å². The van der Waals surface area contributed by atoms with Crippen molar-refractivity contribution in [2.45, 2.75) is 59.0 Å². The summed E-state index contributed by atoms with van der Waals surface area (Å²) in [6.45, 7) is 8.42. The van der Waals surface area contributed by atoms with E-state index in [-0.39, 0.29) is 18.0 Å². The molecule has 3 N–H and O–H groups in total. The molecule has 0 aliphatic carbocycles. The highest BCUT2D eigenvalue weighted by molar-refractivity contribution is 5.76. The Kier molecular flexibility index (Phi) is 7.23. The van der Waals surface area contributed by atoms with Gasteiger partial charge < -0.3 is 15.8 Å². The van der Waals surface area contributed by atoms with Crippen molar-refractivity contribution in [3.63, 3.8) is 0 Å². The van der Waals surface area contributed by atoms with Gasteiger partial charge in [-0.1, -0.05) is 24.6 Å². The zero-order valence-electron chi connectivity index (χ0n) is 13.6. The van der Waals surface area contributed by atoms with Crippen molar-refractivity contribution >= 4 is 5.91 Å². The predicted octanol–water partition coefficient (Wildman–Crippen LogP) is 2.57. The van der Waals surface area contributed by atoms with Gasteiger partial charge in [-0.3, -0.25) is 4.79 Å². The minimum absolute atomic E-state index is 0.0175. The average molecular weight is 292 g/mol. The van der Waals surface area contributed by atoms with Crippen LogP contribution in [0.1, 0.15) is 44.7 Å². The summed E-state index contributed by atoms with van der Waals surface area (Å²) in [5.41, 5.74) is 8.35. The van der Waals surface area contributed by atoms with Gasteiger partial charge in [0.15, 0.2) is 0 Å². The van der Waals surface area contributed by atoms with Crippen LogP contribution in [0.3, 0.4) is 0 Å². The maximum Gasteiger partial charge on any atom is 0.223 e. The van der Waals surface area contributed by atoms with Gasteiger partial charge in [-0.2, -0.15) is 0 Å². The molecule has 0 heterocycles. The van der Waals surface area contributed by atoms with Crippen molar-refractivity contribution in [3.05, 3.63) is 29.3 Å². The highest BCUT2D eigenvalue weighted by Gasteiger charge is 2.09. The fourth-order valence-electron chi connectivity index (χ4n) is 2.08. The second kappa shape index (κ2) is 8.67. The van der Waals surface area contributed by atoms with Crippen LogP contribution < -0.4 is 15.8 Å². The molecule has 4 heteroatoms. The molecule has 0 aromatic heterocycles. The zero-order chi connectivity index (χ0) is 15.8. The molecule has 0 aliphatic heterocycles. The quantitative estimate of drug-likeness (QED) is 0.774. The SMILES string of the molecule is CCC(N)Cc1cc(C)ccc1OCCC(=O)NC(C)C. The first-order chi connectivity index (χ1) is 9.92. The fourth-order valence-corrected chi connectivity index (χ4v) is 2.08. The molecule has 118 valence electrons. The fraction of sp³-hybridized carbons (Fsp3) is 0.588. The lowest BCUT2D eigenvalue weighted by atomic mass is 10.0. The molecule has 4 nitrogen and oxygen atoms in total. The third kappa shape index (κ3) is 6.63. The topological polar surface area (TPSA) is 64.3 Å². The van der Waals surface area contributed by atoms with Crippen molar-refractivity contribution in [3.8, 4) is 5.75 Å². The van der Waals surface area contributed by atoms with Gasteiger partial charge in [0.2, 0.25) is 5.91 Å². The van der Waals surface area contributed by atoms with Crippen LogP contribution >= 0.6 is 0 Å². The number of nitrogens with two attached hydrogens (primary N) is 1. The molecular formula is C17H28N2O2. The van der Waals surface area contributed by atoms with Crippen LogP contribution in [0, 0.1) is 6.92 Å². The van der Waals surface area contributed by atoms with Gasteiger partial charge >= 0.3 is 0 Å². The summed E-state index contributed by atoms with van der Waals surface area (Å²) in [5.74, 6) is 0.853. The van der Waals surface area contributed by atoms with Crippen molar-refractivity contribution in [2.75, 3.05) is 6.61 Å². The Balaban J connectivity index is 2.59. The molecule has 0 spiro atoms. The summed E-state index contributed by atoms with van der Waals surface area (Å²) >= 11 is 0. The number of carbonyl (C=O) groups excluding carboxylic acids is 1. The lowest BCUT2D eigenvalue weighted by molar-refractivity contribution is -0.122. The average Bonchev–Trinajstić information content (AvgIpc) is 2.40. The number of amides is 1. The van der Waals surface area contributed by atoms with Gasteiger partial charge in [-0.15, -0.1) is 0 Å². The van der Waals surface area contributed by atoms with Crippen LogP contribution in [-0.2, 0) is 11.2 Å². The van der Waals surface area contributed by atoms with Crippen molar-refractivity contribution < 1.29 is 9.53 Å². The second-order valence-corrected chi connectivity index (χ2v) is 5.80. The number of nitrogens with one attached hydrogen (secondary N) is 1. The summed E-state index contributed by atoms with van der Waals surface area (Å²) in [4.78, 5) is 11.6. The first-order valence-electron chi connectivity index (χ1n) is 7.69. The first-order valence-corrected chi connectivity index (χ1v) is 7.69. The third-order valence-electron chi connectivity index (χ3n) is 3.26.